The number of ether oxygens (including phenoxy) is 3. The van der Waals surface area contributed by atoms with E-state index in [2.05, 4.69) is 6.92 Å². The van der Waals surface area contributed by atoms with E-state index < -0.39 is 12.6 Å². The zero-order chi connectivity index (χ0) is 22.1. The lowest BCUT2D eigenvalue weighted by atomic mass is 9.70. The number of alkyl halides is 3. The molecule has 0 radical (unpaired) electrons. The summed E-state index contributed by atoms with van der Waals surface area (Å²) in [6.45, 7) is 4.25. The number of hydrogen-bond donors (Lipinski definition) is 0. The minimum Gasteiger partial charge on any atom is -0.378 e. The molecule has 0 atom stereocenters. The lowest BCUT2D eigenvalue weighted by molar-refractivity contribution is -0.231. The van der Waals surface area contributed by atoms with Gasteiger partial charge in [-0.2, -0.15) is 13.2 Å². The monoisotopic (exact) mass is 448 g/mol. The molecule has 0 aromatic heterocycles. The summed E-state index contributed by atoms with van der Waals surface area (Å²) in [5.74, 6) is 2.23. The van der Waals surface area contributed by atoms with Crippen molar-refractivity contribution in [2.75, 3.05) is 19.8 Å². The molecule has 3 fully saturated rings. The lowest BCUT2D eigenvalue weighted by Gasteiger charge is -2.41. The number of hydrogen-bond acceptors (Lipinski definition) is 3. The van der Waals surface area contributed by atoms with Crippen molar-refractivity contribution in [1.82, 2.24) is 0 Å². The van der Waals surface area contributed by atoms with Gasteiger partial charge in [0.15, 0.2) is 6.29 Å². The molecule has 0 aromatic rings. The summed E-state index contributed by atoms with van der Waals surface area (Å²) < 4.78 is 54.9. The molecule has 3 aliphatic rings. The molecule has 0 aromatic carbocycles. The van der Waals surface area contributed by atoms with E-state index in [0.717, 1.165) is 31.3 Å². The molecule has 31 heavy (non-hydrogen) atoms. The van der Waals surface area contributed by atoms with Crippen LogP contribution in [0.25, 0.3) is 0 Å². The van der Waals surface area contributed by atoms with Crippen LogP contribution in [0.5, 0.6) is 0 Å². The lowest BCUT2D eigenvalue weighted by Crippen LogP contribution is -2.39. The molecule has 2 saturated carbocycles. The first-order chi connectivity index (χ1) is 14.9. The van der Waals surface area contributed by atoms with Gasteiger partial charge in [-0.1, -0.05) is 19.8 Å². The summed E-state index contributed by atoms with van der Waals surface area (Å²) >= 11 is 0. The number of rotatable bonds is 10. The Morgan fingerprint density at radius 1 is 0.774 bits per heavy atom. The predicted molar refractivity (Wildman–Crippen MR) is 116 cm³/mol. The fourth-order valence-corrected chi connectivity index (χ4v) is 5.81. The Kier molecular flexibility index (Phi) is 10.4. The topological polar surface area (TPSA) is 27.7 Å². The summed E-state index contributed by atoms with van der Waals surface area (Å²) in [5, 5.41) is 0. The van der Waals surface area contributed by atoms with Gasteiger partial charge in [-0.05, 0) is 82.5 Å². The third-order valence-electron chi connectivity index (χ3n) is 7.75. The summed E-state index contributed by atoms with van der Waals surface area (Å²) in [4.78, 5) is 0. The highest BCUT2D eigenvalue weighted by Crippen LogP contribution is 2.42. The first-order valence-electron chi connectivity index (χ1n) is 12.9. The van der Waals surface area contributed by atoms with Gasteiger partial charge < -0.3 is 14.2 Å². The minimum atomic E-state index is -4.06. The second kappa shape index (κ2) is 12.8. The maximum Gasteiger partial charge on any atom is 0.389 e. The van der Waals surface area contributed by atoms with Gasteiger partial charge in [-0.25, -0.2) is 0 Å². The maximum atomic E-state index is 12.3. The van der Waals surface area contributed by atoms with Crippen LogP contribution in [0.4, 0.5) is 13.2 Å². The average Bonchev–Trinajstić information content (AvgIpc) is 2.77. The highest BCUT2D eigenvalue weighted by molar-refractivity contribution is 4.84. The SMILES string of the molecule is CCCCCOC1CCC(C2CCC(C3OCC(CCCC(F)(F)F)CO3)CC2)CC1. The van der Waals surface area contributed by atoms with E-state index in [9.17, 15) is 13.2 Å². The third-order valence-corrected chi connectivity index (χ3v) is 7.75. The summed E-state index contributed by atoms with van der Waals surface area (Å²) in [6.07, 6.45) is 9.88. The van der Waals surface area contributed by atoms with Gasteiger partial charge in [0.1, 0.15) is 0 Å². The van der Waals surface area contributed by atoms with Gasteiger partial charge in [0, 0.05) is 24.9 Å². The predicted octanol–water partition coefficient (Wildman–Crippen LogP) is 7.28. The highest BCUT2D eigenvalue weighted by Gasteiger charge is 2.36. The van der Waals surface area contributed by atoms with Crippen molar-refractivity contribution in [3.8, 4) is 0 Å². The van der Waals surface area contributed by atoms with E-state index in [-0.39, 0.29) is 18.6 Å². The van der Waals surface area contributed by atoms with E-state index in [1.54, 1.807) is 0 Å². The van der Waals surface area contributed by atoms with Crippen LogP contribution in [0.3, 0.4) is 0 Å². The largest absolute Gasteiger partial charge is 0.389 e. The second-order valence-electron chi connectivity index (χ2n) is 10.2. The van der Waals surface area contributed by atoms with Gasteiger partial charge in [-0.15, -0.1) is 0 Å². The summed E-state index contributed by atoms with van der Waals surface area (Å²) in [6, 6.07) is 0. The molecule has 1 saturated heterocycles. The first kappa shape index (κ1) is 25.3. The summed E-state index contributed by atoms with van der Waals surface area (Å²) in [5.41, 5.74) is 0. The molecular weight excluding hydrogens is 405 g/mol. The van der Waals surface area contributed by atoms with Crippen LogP contribution < -0.4 is 0 Å². The van der Waals surface area contributed by atoms with E-state index in [1.807, 2.05) is 0 Å². The minimum absolute atomic E-state index is 0.106. The Morgan fingerprint density at radius 2 is 1.35 bits per heavy atom. The molecule has 182 valence electrons. The van der Waals surface area contributed by atoms with Crippen molar-refractivity contribution in [1.29, 1.82) is 0 Å². The van der Waals surface area contributed by atoms with Crippen molar-refractivity contribution in [2.45, 2.75) is 115 Å². The average molecular weight is 449 g/mol. The molecule has 3 nitrogen and oxygen atoms in total. The van der Waals surface area contributed by atoms with Crippen molar-refractivity contribution in [2.24, 2.45) is 23.7 Å². The number of halogens is 3. The standard InChI is InChI=1S/C25H43F3O3/c1-2-3-4-16-29-23-13-11-21(12-14-23)20-7-9-22(10-8-20)24-30-17-19(18-31-24)6-5-15-25(26,27)28/h19-24H,2-18H2,1H3. The van der Waals surface area contributed by atoms with Gasteiger partial charge in [-0.3, -0.25) is 0 Å². The van der Waals surface area contributed by atoms with Crippen LogP contribution in [0, 0.1) is 23.7 Å². The van der Waals surface area contributed by atoms with E-state index in [1.165, 1.54) is 57.8 Å². The van der Waals surface area contributed by atoms with Gasteiger partial charge in [0.25, 0.3) is 0 Å². The fourth-order valence-electron chi connectivity index (χ4n) is 5.81. The molecule has 0 unspecified atom stereocenters. The van der Waals surface area contributed by atoms with E-state index in [4.69, 9.17) is 14.2 Å². The quantitative estimate of drug-likeness (QED) is 0.329. The van der Waals surface area contributed by atoms with Crippen LogP contribution >= 0.6 is 0 Å². The normalized spacial score (nSPS) is 35.2. The highest BCUT2D eigenvalue weighted by atomic mass is 19.4. The fraction of sp³-hybridized carbons (Fsp3) is 1.00. The Balaban J connectivity index is 1.27. The Labute approximate surface area is 186 Å². The molecule has 1 aliphatic heterocycles. The van der Waals surface area contributed by atoms with Gasteiger partial charge >= 0.3 is 6.18 Å². The molecule has 6 heteroatoms. The van der Waals surface area contributed by atoms with Crippen LogP contribution in [-0.2, 0) is 14.2 Å². The zero-order valence-corrected chi connectivity index (χ0v) is 19.3. The van der Waals surface area contributed by atoms with Gasteiger partial charge in [0.05, 0.1) is 19.3 Å². The molecule has 0 N–H and O–H groups in total. The zero-order valence-electron chi connectivity index (χ0n) is 19.3. The van der Waals surface area contributed by atoms with Gasteiger partial charge in [0.2, 0.25) is 0 Å². The Bertz CT molecular complexity index is 475. The van der Waals surface area contributed by atoms with Crippen molar-refractivity contribution < 1.29 is 27.4 Å². The first-order valence-corrected chi connectivity index (χ1v) is 12.9. The molecular formula is C25H43F3O3. The molecule has 0 bridgehead atoms. The molecule has 2 aliphatic carbocycles. The van der Waals surface area contributed by atoms with Crippen LogP contribution in [0.2, 0.25) is 0 Å². The van der Waals surface area contributed by atoms with Crippen molar-refractivity contribution in [3.05, 3.63) is 0 Å². The maximum absolute atomic E-state index is 12.3. The Morgan fingerprint density at radius 3 is 1.94 bits per heavy atom. The summed E-state index contributed by atoms with van der Waals surface area (Å²) in [7, 11) is 0. The van der Waals surface area contributed by atoms with Crippen molar-refractivity contribution >= 4 is 0 Å². The van der Waals surface area contributed by atoms with Crippen molar-refractivity contribution in [3.63, 3.8) is 0 Å². The van der Waals surface area contributed by atoms with Crippen LogP contribution in [0.1, 0.15) is 96.8 Å². The third kappa shape index (κ3) is 8.85. The van der Waals surface area contributed by atoms with Crippen LogP contribution in [-0.4, -0.2) is 38.4 Å². The molecule has 0 amide bonds. The molecule has 1 heterocycles. The van der Waals surface area contributed by atoms with E-state index in [0.29, 0.717) is 31.7 Å². The molecule has 3 rings (SSSR count). The second-order valence-corrected chi connectivity index (χ2v) is 10.2. The Hall–Kier alpha value is -0.330. The smallest absolute Gasteiger partial charge is 0.378 e. The van der Waals surface area contributed by atoms with E-state index >= 15 is 0 Å². The van der Waals surface area contributed by atoms with Crippen LogP contribution in [0.15, 0.2) is 0 Å². The number of unbranched alkanes of at least 4 members (excludes halogenated alkanes) is 2. The molecule has 0 spiro atoms.